The van der Waals surface area contributed by atoms with E-state index in [-0.39, 0.29) is 39.0 Å². The lowest BCUT2D eigenvalue weighted by atomic mass is 9.94. The van der Waals surface area contributed by atoms with Crippen LogP contribution in [0, 0.1) is 0 Å². The zero-order valence-corrected chi connectivity index (χ0v) is 22.5. The summed E-state index contributed by atoms with van der Waals surface area (Å²) in [5.74, 6) is -2.47. The number of amides is 6. The highest BCUT2D eigenvalue weighted by molar-refractivity contribution is 6.26. The summed E-state index contributed by atoms with van der Waals surface area (Å²) >= 11 is 0. The molecule has 0 fully saturated rings. The summed E-state index contributed by atoms with van der Waals surface area (Å²) in [5, 5.41) is 8.20. The largest absolute Gasteiger partial charge is 0.354 e. The lowest BCUT2D eigenvalue weighted by Gasteiger charge is -2.27. The molecule has 0 saturated heterocycles. The maximum atomic E-state index is 13.0. The van der Waals surface area contributed by atoms with Gasteiger partial charge in [-0.05, 0) is 35.0 Å². The van der Waals surface area contributed by atoms with Crippen LogP contribution in [0.15, 0.2) is 72.8 Å². The van der Waals surface area contributed by atoms with Crippen LogP contribution >= 0.6 is 0 Å². The zero-order valence-electron chi connectivity index (χ0n) is 22.5. The molecule has 0 spiro atoms. The lowest BCUT2D eigenvalue weighted by Crippen LogP contribution is -2.45. The summed E-state index contributed by atoms with van der Waals surface area (Å²) in [5.41, 5.74) is 1.78. The molecule has 0 saturated carbocycles. The number of rotatable bonds is 9. The maximum Gasteiger partial charge on any atom is 0.261 e. The van der Waals surface area contributed by atoms with Crippen LogP contribution in [0.4, 0.5) is 0 Å². The van der Waals surface area contributed by atoms with E-state index < -0.39 is 35.4 Å². The zero-order chi connectivity index (χ0) is 29.4. The minimum absolute atomic E-state index is 0.00490. The van der Waals surface area contributed by atoms with E-state index in [0.717, 1.165) is 20.6 Å². The first-order chi connectivity index (χ1) is 20.3. The van der Waals surface area contributed by atoms with Crippen molar-refractivity contribution in [3.8, 4) is 0 Å². The second-order valence-electron chi connectivity index (χ2n) is 10.1. The standard InChI is InChI=1S/C32H26N4O6/c37-25(33-15-17-35-29(39)21-9-1-5-19-6-2-10-22(27(19)21)30(35)40)13-14-26(38)34-16-18-36-31(41)23-11-3-7-20-8-4-12-24(28(20)23)32(36)42/h1-12H,13-18H2,(H,33,37)(H,34,38). The summed E-state index contributed by atoms with van der Waals surface area (Å²) < 4.78 is 0. The Bertz CT molecular complexity index is 1600. The molecule has 0 bridgehead atoms. The molecule has 0 unspecified atom stereocenters. The van der Waals surface area contributed by atoms with Crippen molar-refractivity contribution >= 4 is 57.0 Å². The predicted octanol–water partition coefficient (Wildman–Crippen LogP) is 2.90. The maximum absolute atomic E-state index is 13.0. The van der Waals surface area contributed by atoms with Gasteiger partial charge in [0.15, 0.2) is 0 Å². The first-order valence-corrected chi connectivity index (χ1v) is 13.6. The summed E-state index contributed by atoms with van der Waals surface area (Å²) in [6.45, 7) is 0.0805. The first kappa shape index (κ1) is 26.8. The van der Waals surface area contributed by atoms with Gasteiger partial charge in [0, 0.05) is 72.0 Å². The topological polar surface area (TPSA) is 133 Å². The van der Waals surface area contributed by atoms with E-state index in [0.29, 0.717) is 33.0 Å². The molecule has 0 radical (unpaired) electrons. The molecule has 10 nitrogen and oxygen atoms in total. The van der Waals surface area contributed by atoms with Gasteiger partial charge in [-0.25, -0.2) is 0 Å². The minimum Gasteiger partial charge on any atom is -0.354 e. The lowest BCUT2D eigenvalue weighted by molar-refractivity contribution is -0.126. The molecule has 4 aromatic carbocycles. The molecule has 6 amide bonds. The smallest absolute Gasteiger partial charge is 0.261 e. The Morgan fingerprint density at radius 2 is 0.810 bits per heavy atom. The van der Waals surface area contributed by atoms with Crippen LogP contribution < -0.4 is 10.6 Å². The Balaban J connectivity index is 0.957. The highest BCUT2D eigenvalue weighted by Crippen LogP contribution is 2.31. The summed E-state index contributed by atoms with van der Waals surface area (Å²) in [7, 11) is 0. The Morgan fingerprint density at radius 1 is 0.500 bits per heavy atom. The number of benzene rings is 4. The highest BCUT2D eigenvalue weighted by Gasteiger charge is 2.33. The quantitative estimate of drug-likeness (QED) is 0.302. The summed E-state index contributed by atoms with van der Waals surface area (Å²) in [6.07, 6.45) is -0.209. The number of nitrogens with zero attached hydrogens (tertiary/aromatic N) is 2. The molecule has 0 atom stereocenters. The SMILES string of the molecule is O=C(CCC(=O)NCCN1C(=O)c2cccc3cccc(c23)C1=O)NCCN1C(=O)c2cccc3cccc(c23)C1=O. The molecule has 0 aliphatic carbocycles. The fraction of sp³-hybridized carbons (Fsp3) is 0.188. The second kappa shape index (κ2) is 10.9. The number of imide groups is 2. The van der Waals surface area contributed by atoms with Crippen molar-refractivity contribution < 1.29 is 28.8 Å². The van der Waals surface area contributed by atoms with E-state index in [1.165, 1.54) is 0 Å². The van der Waals surface area contributed by atoms with Crippen molar-refractivity contribution in [1.29, 1.82) is 0 Å². The summed E-state index contributed by atoms with van der Waals surface area (Å²) in [6, 6.07) is 21.2. The molecule has 2 aliphatic heterocycles. The van der Waals surface area contributed by atoms with E-state index in [2.05, 4.69) is 10.6 Å². The van der Waals surface area contributed by atoms with Crippen LogP contribution in [0.5, 0.6) is 0 Å². The predicted molar refractivity (Wildman–Crippen MR) is 154 cm³/mol. The third kappa shape index (κ3) is 4.66. The number of carbonyl (C=O) groups is 6. The molecule has 0 aromatic heterocycles. The molecule has 2 N–H and O–H groups in total. The number of hydrogen-bond donors (Lipinski definition) is 2. The fourth-order valence-corrected chi connectivity index (χ4v) is 5.59. The molecule has 2 aliphatic rings. The molecular weight excluding hydrogens is 536 g/mol. The van der Waals surface area contributed by atoms with Gasteiger partial charge in [0.05, 0.1) is 0 Å². The van der Waals surface area contributed by atoms with Gasteiger partial charge in [-0.2, -0.15) is 0 Å². The van der Waals surface area contributed by atoms with Crippen LogP contribution in [-0.4, -0.2) is 71.4 Å². The normalized spacial score (nSPS) is 14.1. The first-order valence-electron chi connectivity index (χ1n) is 13.6. The number of carbonyl (C=O) groups excluding carboxylic acids is 6. The van der Waals surface area contributed by atoms with Crippen molar-refractivity contribution in [3.63, 3.8) is 0 Å². The van der Waals surface area contributed by atoms with Crippen molar-refractivity contribution in [3.05, 3.63) is 95.1 Å². The Hall–Kier alpha value is -5.38. The van der Waals surface area contributed by atoms with Gasteiger partial charge in [-0.15, -0.1) is 0 Å². The number of nitrogens with one attached hydrogen (secondary N) is 2. The molecular formula is C32H26N4O6. The number of hydrogen-bond acceptors (Lipinski definition) is 6. The van der Waals surface area contributed by atoms with Crippen molar-refractivity contribution in [2.45, 2.75) is 12.8 Å². The van der Waals surface area contributed by atoms with Gasteiger partial charge >= 0.3 is 0 Å². The van der Waals surface area contributed by atoms with Crippen LogP contribution in [-0.2, 0) is 9.59 Å². The van der Waals surface area contributed by atoms with E-state index in [1.54, 1.807) is 48.5 Å². The van der Waals surface area contributed by atoms with E-state index in [4.69, 9.17) is 0 Å². The van der Waals surface area contributed by atoms with Gasteiger partial charge in [-0.1, -0.05) is 48.5 Å². The fourth-order valence-electron chi connectivity index (χ4n) is 5.59. The van der Waals surface area contributed by atoms with Crippen LogP contribution in [0.1, 0.15) is 54.3 Å². The molecule has 42 heavy (non-hydrogen) atoms. The highest BCUT2D eigenvalue weighted by atomic mass is 16.2. The Labute approximate surface area is 240 Å². The third-order valence-electron chi connectivity index (χ3n) is 7.61. The average molecular weight is 563 g/mol. The van der Waals surface area contributed by atoms with E-state index in [9.17, 15) is 28.8 Å². The van der Waals surface area contributed by atoms with Crippen molar-refractivity contribution in [1.82, 2.24) is 20.4 Å². The summed E-state index contributed by atoms with van der Waals surface area (Å²) in [4.78, 5) is 78.8. The minimum atomic E-state index is -0.413. The third-order valence-corrected chi connectivity index (χ3v) is 7.61. The Morgan fingerprint density at radius 3 is 1.12 bits per heavy atom. The van der Waals surface area contributed by atoms with Gasteiger partial charge < -0.3 is 10.6 Å². The molecule has 6 rings (SSSR count). The van der Waals surface area contributed by atoms with Gasteiger partial charge in [0.25, 0.3) is 23.6 Å². The van der Waals surface area contributed by atoms with Crippen LogP contribution in [0.25, 0.3) is 21.5 Å². The van der Waals surface area contributed by atoms with E-state index in [1.807, 2.05) is 24.3 Å². The van der Waals surface area contributed by atoms with Gasteiger partial charge in [-0.3, -0.25) is 38.6 Å². The monoisotopic (exact) mass is 562 g/mol. The Kier molecular flexibility index (Phi) is 6.95. The average Bonchev–Trinajstić information content (AvgIpc) is 3.00. The second-order valence-corrected chi connectivity index (χ2v) is 10.1. The van der Waals surface area contributed by atoms with Gasteiger partial charge in [0.2, 0.25) is 11.8 Å². The van der Waals surface area contributed by atoms with Crippen molar-refractivity contribution in [2.75, 3.05) is 26.2 Å². The van der Waals surface area contributed by atoms with Gasteiger partial charge in [0.1, 0.15) is 0 Å². The van der Waals surface area contributed by atoms with Crippen LogP contribution in [0.3, 0.4) is 0 Å². The molecule has 210 valence electrons. The van der Waals surface area contributed by atoms with Crippen molar-refractivity contribution in [2.24, 2.45) is 0 Å². The molecule has 4 aromatic rings. The van der Waals surface area contributed by atoms with E-state index >= 15 is 0 Å². The molecule has 2 heterocycles. The molecule has 10 heteroatoms. The van der Waals surface area contributed by atoms with Crippen LogP contribution in [0.2, 0.25) is 0 Å².